The van der Waals surface area contributed by atoms with Crippen LogP contribution in [0.5, 0.6) is 0 Å². The van der Waals surface area contributed by atoms with Crippen LogP contribution in [0, 0.1) is 4.77 Å². The predicted molar refractivity (Wildman–Crippen MR) is 99.7 cm³/mol. The normalized spacial score (nSPS) is 10.8. The number of hydrogen-bond acceptors (Lipinski definition) is 3. The van der Waals surface area contributed by atoms with Gasteiger partial charge in [0.1, 0.15) is 0 Å². The Morgan fingerprint density at radius 2 is 1.96 bits per heavy atom. The molecule has 0 spiro atoms. The molecule has 0 bridgehead atoms. The van der Waals surface area contributed by atoms with Crippen LogP contribution in [0.25, 0.3) is 11.4 Å². The summed E-state index contributed by atoms with van der Waals surface area (Å²) in [7, 11) is 0. The van der Waals surface area contributed by atoms with Crippen molar-refractivity contribution < 1.29 is 4.79 Å². The second-order valence-electron chi connectivity index (χ2n) is 5.54. The maximum Gasteiger partial charge on any atom is 0.221 e. The van der Waals surface area contributed by atoms with E-state index in [1.54, 1.807) is 4.68 Å². The molecule has 0 radical (unpaired) electrons. The predicted octanol–water partition coefficient (Wildman–Crippen LogP) is 4.06. The molecule has 5 nitrogen and oxygen atoms in total. The van der Waals surface area contributed by atoms with Gasteiger partial charge in [0.15, 0.2) is 10.6 Å². The smallest absolute Gasteiger partial charge is 0.221 e. The molecule has 0 saturated carbocycles. The van der Waals surface area contributed by atoms with E-state index < -0.39 is 0 Å². The topological polar surface area (TPSA) is 51.9 Å². The standard InChI is InChI=1S/C17H23ClN4OS/c1-3-5-11-21-16(13-6-8-14(18)9-7-13)20-22(17(21)24)12-10-15(23)19-4-2/h6-9H,3-5,10-12H2,1-2H3,(H,19,23). The van der Waals surface area contributed by atoms with E-state index in [9.17, 15) is 4.79 Å². The summed E-state index contributed by atoms with van der Waals surface area (Å²) in [6.45, 7) is 5.97. The van der Waals surface area contributed by atoms with Crippen LogP contribution >= 0.6 is 23.8 Å². The lowest BCUT2D eigenvalue weighted by atomic mass is 10.2. The van der Waals surface area contributed by atoms with Crippen LogP contribution in [-0.2, 0) is 17.9 Å². The summed E-state index contributed by atoms with van der Waals surface area (Å²) in [4.78, 5) is 11.7. The van der Waals surface area contributed by atoms with Gasteiger partial charge in [-0.05, 0) is 49.8 Å². The molecule has 0 aliphatic heterocycles. The van der Waals surface area contributed by atoms with Gasteiger partial charge in [-0.3, -0.25) is 9.36 Å². The number of amides is 1. The Hall–Kier alpha value is -1.66. The number of aryl methyl sites for hydroxylation is 1. The van der Waals surface area contributed by atoms with Crippen LogP contribution in [0.4, 0.5) is 0 Å². The fourth-order valence-electron chi connectivity index (χ4n) is 2.41. The first-order chi connectivity index (χ1) is 11.6. The van der Waals surface area contributed by atoms with Crippen molar-refractivity contribution in [2.45, 2.75) is 46.2 Å². The molecule has 0 aliphatic carbocycles. The zero-order valence-corrected chi connectivity index (χ0v) is 15.7. The van der Waals surface area contributed by atoms with Gasteiger partial charge in [0.05, 0.1) is 6.54 Å². The highest BCUT2D eigenvalue weighted by Crippen LogP contribution is 2.21. The van der Waals surface area contributed by atoms with Crippen molar-refractivity contribution in [3.8, 4) is 11.4 Å². The van der Waals surface area contributed by atoms with E-state index in [2.05, 4.69) is 17.3 Å². The van der Waals surface area contributed by atoms with E-state index in [0.717, 1.165) is 30.8 Å². The van der Waals surface area contributed by atoms with Crippen molar-refractivity contribution in [1.29, 1.82) is 0 Å². The van der Waals surface area contributed by atoms with E-state index in [1.165, 1.54) is 0 Å². The molecule has 0 fully saturated rings. The lowest BCUT2D eigenvalue weighted by Gasteiger charge is -2.05. The first-order valence-electron chi connectivity index (χ1n) is 8.27. The molecular formula is C17H23ClN4OS. The van der Waals surface area contributed by atoms with Crippen LogP contribution in [-0.4, -0.2) is 26.8 Å². The zero-order chi connectivity index (χ0) is 17.5. The fourth-order valence-corrected chi connectivity index (χ4v) is 2.85. The molecule has 0 saturated heterocycles. The van der Waals surface area contributed by atoms with Crippen molar-refractivity contribution in [2.75, 3.05) is 6.54 Å². The van der Waals surface area contributed by atoms with Gasteiger partial charge in [0.2, 0.25) is 5.91 Å². The van der Waals surface area contributed by atoms with E-state index in [4.69, 9.17) is 23.8 Å². The molecule has 0 aliphatic rings. The number of carbonyl (C=O) groups is 1. The number of carbonyl (C=O) groups excluding carboxylic acids is 1. The third-order valence-corrected chi connectivity index (χ3v) is 4.37. The number of aromatic nitrogens is 3. The van der Waals surface area contributed by atoms with E-state index in [-0.39, 0.29) is 5.91 Å². The summed E-state index contributed by atoms with van der Waals surface area (Å²) in [5.74, 6) is 0.830. The minimum atomic E-state index is 0.00977. The summed E-state index contributed by atoms with van der Waals surface area (Å²) < 4.78 is 4.43. The maximum atomic E-state index is 11.7. The van der Waals surface area contributed by atoms with Crippen LogP contribution in [0.1, 0.15) is 33.1 Å². The molecule has 2 rings (SSSR count). The maximum absolute atomic E-state index is 11.7. The average Bonchev–Trinajstić information content (AvgIpc) is 2.88. The summed E-state index contributed by atoms with van der Waals surface area (Å²) >= 11 is 11.6. The van der Waals surface area contributed by atoms with E-state index in [1.807, 2.05) is 35.8 Å². The third-order valence-electron chi connectivity index (χ3n) is 3.69. The number of nitrogens with one attached hydrogen (secondary N) is 1. The highest BCUT2D eigenvalue weighted by atomic mass is 35.5. The van der Waals surface area contributed by atoms with Crippen LogP contribution < -0.4 is 5.32 Å². The summed E-state index contributed by atoms with van der Waals surface area (Å²) in [5.41, 5.74) is 0.971. The molecule has 1 amide bonds. The Labute approximate surface area is 152 Å². The molecule has 7 heteroatoms. The number of rotatable bonds is 8. The van der Waals surface area contributed by atoms with Crippen LogP contribution in [0.15, 0.2) is 24.3 Å². The lowest BCUT2D eigenvalue weighted by Crippen LogP contribution is -2.24. The number of hydrogen-bond donors (Lipinski definition) is 1. The van der Waals surface area contributed by atoms with Crippen molar-refractivity contribution in [3.05, 3.63) is 34.1 Å². The van der Waals surface area contributed by atoms with Crippen LogP contribution in [0.3, 0.4) is 0 Å². The minimum absolute atomic E-state index is 0.00977. The average molecular weight is 367 g/mol. The van der Waals surface area contributed by atoms with Gasteiger partial charge in [-0.1, -0.05) is 24.9 Å². The van der Waals surface area contributed by atoms with Crippen LogP contribution in [0.2, 0.25) is 5.02 Å². The molecule has 1 heterocycles. The summed E-state index contributed by atoms with van der Waals surface area (Å²) in [6, 6.07) is 7.57. The third kappa shape index (κ3) is 4.68. The molecular weight excluding hydrogens is 344 g/mol. The quantitative estimate of drug-likeness (QED) is 0.717. The Kier molecular flexibility index (Phi) is 6.99. The SMILES string of the molecule is CCCCn1c(-c2ccc(Cl)cc2)nn(CCC(=O)NCC)c1=S. The number of unbranched alkanes of at least 4 members (excludes halogenated alkanes) is 1. The molecule has 1 aromatic carbocycles. The molecule has 2 aromatic rings. The molecule has 24 heavy (non-hydrogen) atoms. The zero-order valence-electron chi connectivity index (χ0n) is 14.1. The fraction of sp³-hybridized carbons (Fsp3) is 0.471. The lowest BCUT2D eigenvalue weighted by molar-refractivity contribution is -0.121. The van der Waals surface area contributed by atoms with E-state index >= 15 is 0 Å². The van der Waals surface area contributed by atoms with Crippen molar-refractivity contribution in [2.24, 2.45) is 0 Å². The second-order valence-corrected chi connectivity index (χ2v) is 6.35. The summed E-state index contributed by atoms with van der Waals surface area (Å²) in [6.07, 6.45) is 2.47. The van der Waals surface area contributed by atoms with Crippen molar-refractivity contribution in [1.82, 2.24) is 19.7 Å². The largest absolute Gasteiger partial charge is 0.356 e. The van der Waals surface area contributed by atoms with Crippen molar-refractivity contribution in [3.63, 3.8) is 0 Å². The Morgan fingerprint density at radius 1 is 1.25 bits per heavy atom. The monoisotopic (exact) mass is 366 g/mol. The van der Waals surface area contributed by atoms with Gasteiger partial charge < -0.3 is 5.32 Å². The van der Waals surface area contributed by atoms with Gasteiger partial charge in [-0.25, -0.2) is 4.68 Å². The number of nitrogens with zero attached hydrogens (tertiary/aromatic N) is 3. The Bertz CT molecular complexity index is 736. The highest BCUT2D eigenvalue weighted by Gasteiger charge is 2.13. The van der Waals surface area contributed by atoms with Gasteiger partial charge >= 0.3 is 0 Å². The molecule has 0 unspecified atom stereocenters. The van der Waals surface area contributed by atoms with Gasteiger partial charge in [0.25, 0.3) is 0 Å². The molecule has 1 aromatic heterocycles. The second kappa shape index (κ2) is 8.99. The number of halogens is 1. The Balaban J connectivity index is 2.31. The van der Waals surface area contributed by atoms with Gasteiger partial charge in [0, 0.05) is 30.1 Å². The van der Waals surface area contributed by atoms with Gasteiger partial charge in [-0.15, -0.1) is 0 Å². The first kappa shape index (κ1) is 18.7. The summed E-state index contributed by atoms with van der Waals surface area (Å²) in [5, 5.41) is 8.13. The molecule has 130 valence electrons. The highest BCUT2D eigenvalue weighted by molar-refractivity contribution is 7.71. The Morgan fingerprint density at radius 3 is 2.58 bits per heavy atom. The number of benzene rings is 1. The minimum Gasteiger partial charge on any atom is -0.356 e. The van der Waals surface area contributed by atoms with Crippen molar-refractivity contribution >= 4 is 29.7 Å². The van der Waals surface area contributed by atoms with E-state index in [0.29, 0.717) is 29.3 Å². The molecule has 0 atom stereocenters. The van der Waals surface area contributed by atoms with Gasteiger partial charge in [-0.2, -0.15) is 5.10 Å². The first-order valence-corrected chi connectivity index (χ1v) is 9.05. The molecule has 1 N–H and O–H groups in total.